The second-order valence-corrected chi connectivity index (χ2v) is 33.3. The average molecular weight is 565 g/mol. The van der Waals surface area contributed by atoms with Gasteiger partial charge in [-0.3, -0.25) is 0 Å². The highest BCUT2D eigenvalue weighted by Crippen LogP contribution is 2.34. The van der Waals surface area contributed by atoms with Crippen LogP contribution in [0.25, 0.3) is 0 Å². The fourth-order valence-electron chi connectivity index (χ4n) is 3.30. The zero-order chi connectivity index (χ0) is 26.6. The Labute approximate surface area is 209 Å². The third kappa shape index (κ3) is 12.5. The van der Waals surface area contributed by atoms with Gasteiger partial charge in [-0.25, -0.2) is 0 Å². The molecule has 0 atom stereocenters. The first-order chi connectivity index (χ1) is 14.5. The molecule has 0 N–H and O–H groups in total. The summed E-state index contributed by atoms with van der Waals surface area (Å²) < 4.78 is 39.2. The molecule has 12 heteroatoms. The SMILES string of the molecule is C=CC(O[Si](C)(C)O[Si](C)(C)C=C)(O[Si](C)(C)O[Si](C)(C)C=C)O[Si](C)(C)O[Si](C)(C)C=C. The van der Waals surface area contributed by atoms with E-state index in [1.165, 1.54) is 0 Å². The van der Waals surface area contributed by atoms with E-state index in [9.17, 15) is 0 Å². The van der Waals surface area contributed by atoms with E-state index < -0.39 is 56.6 Å². The molecular weight excluding hydrogens is 517 g/mol. The molecule has 33 heavy (non-hydrogen) atoms. The van der Waals surface area contributed by atoms with E-state index in [2.05, 4.69) is 65.6 Å². The Balaban J connectivity index is 6.33. The van der Waals surface area contributed by atoms with E-state index in [4.69, 9.17) is 25.6 Å². The lowest BCUT2D eigenvalue weighted by Crippen LogP contribution is -2.62. The van der Waals surface area contributed by atoms with Crippen molar-refractivity contribution in [2.24, 2.45) is 0 Å². The summed E-state index contributed by atoms with van der Waals surface area (Å²) in [5.74, 6) is -1.57. The van der Waals surface area contributed by atoms with E-state index in [0.717, 1.165) is 0 Å². The zero-order valence-corrected chi connectivity index (χ0v) is 29.1. The lowest BCUT2D eigenvalue weighted by atomic mass is 10.6. The lowest BCUT2D eigenvalue weighted by Gasteiger charge is -2.46. The molecule has 0 fully saturated rings. The molecule has 0 rings (SSSR count). The number of rotatable bonds is 16. The summed E-state index contributed by atoms with van der Waals surface area (Å²) in [6.45, 7) is 40.2. The second kappa shape index (κ2) is 11.4. The van der Waals surface area contributed by atoms with Crippen LogP contribution in [0.1, 0.15) is 0 Å². The standard InChI is InChI=1S/C21H48O6Si6/c1-17-21(22-31(11,12)25-28(5,6)18-2,23-32(13,14)26-29(7,8)19-3)24-33(15,16)27-30(9,10)20-4/h17-20H,1-4H2,5-16H3. The van der Waals surface area contributed by atoms with Crippen LogP contribution in [0.15, 0.2) is 49.5 Å². The van der Waals surface area contributed by atoms with Gasteiger partial charge in [-0.2, -0.15) is 0 Å². The topological polar surface area (TPSA) is 55.4 Å². The Kier molecular flexibility index (Phi) is 11.4. The summed E-state index contributed by atoms with van der Waals surface area (Å²) in [7, 11) is -14.7. The van der Waals surface area contributed by atoms with Crippen LogP contribution in [0.3, 0.4) is 0 Å². The maximum atomic E-state index is 6.61. The molecule has 0 aliphatic carbocycles. The van der Waals surface area contributed by atoms with Gasteiger partial charge >= 0.3 is 25.7 Å². The monoisotopic (exact) mass is 564 g/mol. The predicted octanol–water partition coefficient (Wildman–Crippen LogP) is 6.82. The van der Waals surface area contributed by atoms with Crippen molar-refractivity contribution in [3.63, 3.8) is 0 Å². The molecule has 0 bridgehead atoms. The van der Waals surface area contributed by atoms with Gasteiger partial charge in [-0.1, -0.05) is 23.7 Å². The Morgan fingerprint density at radius 2 is 0.667 bits per heavy atom. The Bertz CT molecular complexity index is 630. The Hall–Kier alpha value is 0.0213. The number of hydrogen-bond donors (Lipinski definition) is 0. The third-order valence-electron chi connectivity index (χ3n) is 4.42. The van der Waals surface area contributed by atoms with Crippen LogP contribution in [0.4, 0.5) is 0 Å². The molecule has 0 spiro atoms. The van der Waals surface area contributed by atoms with Crippen LogP contribution in [-0.2, 0) is 25.6 Å². The van der Waals surface area contributed by atoms with Crippen LogP contribution in [0, 0.1) is 0 Å². The average Bonchev–Trinajstić information content (AvgIpc) is 2.57. The molecule has 0 aromatic carbocycles. The van der Waals surface area contributed by atoms with Gasteiger partial charge in [0.25, 0.3) is 5.97 Å². The summed E-state index contributed by atoms with van der Waals surface area (Å²) in [5, 5.41) is 0. The van der Waals surface area contributed by atoms with E-state index in [1.54, 1.807) is 6.08 Å². The maximum absolute atomic E-state index is 6.61. The van der Waals surface area contributed by atoms with Gasteiger partial charge in [0.2, 0.25) is 0 Å². The van der Waals surface area contributed by atoms with Crippen molar-refractivity contribution in [1.29, 1.82) is 0 Å². The van der Waals surface area contributed by atoms with Crippen molar-refractivity contribution in [3.05, 3.63) is 49.5 Å². The first-order valence-electron chi connectivity index (χ1n) is 11.2. The van der Waals surface area contributed by atoms with E-state index in [1.807, 2.05) is 56.4 Å². The number of hydrogen-bond acceptors (Lipinski definition) is 6. The van der Waals surface area contributed by atoms with Crippen molar-refractivity contribution in [2.45, 2.75) is 84.5 Å². The molecule has 0 radical (unpaired) electrons. The van der Waals surface area contributed by atoms with E-state index in [0.29, 0.717) is 0 Å². The quantitative estimate of drug-likeness (QED) is 0.116. The molecule has 192 valence electrons. The molecule has 6 nitrogen and oxygen atoms in total. The summed E-state index contributed by atoms with van der Waals surface area (Å²) in [4.78, 5) is 0. The minimum absolute atomic E-state index is 1.56. The van der Waals surface area contributed by atoms with Crippen LogP contribution >= 0.6 is 0 Å². The summed E-state index contributed by atoms with van der Waals surface area (Å²) >= 11 is 0. The molecule has 0 aromatic heterocycles. The molecule has 0 amide bonds. The Morgan fingerprint density at radius 3 is 0.818 bits per heavy atom. The maximum Gasteiger partial charge on any atom is 0.326 e. The zero-order valence-electron chi connectivity index (χ0n) is 23.1. The van der Waals surface area contributed by atoms with Gasteiger partial charge in [-0.15, -0.1) is 19.7 Å². The van der Waals surface area contributed by atoms with Gasteiger partial charge in [0.1, 0.15) is 0 Å². The predicted molar refractivity (Wildman–Crippen MR) is 155 cm³/mol. The van der Waals surface area contributed by atoms with Gasteiger partial charge in [0.15, 0.2) is 25.0 Å². The summed E-state index contributed by atoms with van der Waals surface area (Å²) in [6.07, 6.45) is 1.56. The molecule has 0 aliphatic heterocycles. The van der Waals surface area contributed by atoms with E-state index in [-0.39, 0.29) is 0 Å². The third-order valence-corrected chi connectivity index (χ3v) is 21.9. The van der Waals surface area contributed by atoms with Crippen LogP contribution < -0.4 is 0 Å². The first kappa shape index (κ1) is 33.0. The summed E-state index contributed by atoms with van der Waals surface area (Å²) in [5.41, 5.74) is 5.67. The fourth-order valence-corrected chi connectivity index (χ4v) is 22.8. The highest BCUT2D eigenvalue weighted by molar-refractivity contribution is 6.86. The fraction of sp³-hybridized carbons (Fsp3) is 0.619. The molecule has 0 aromatic rings. The van der Waals surface area contributed by atoms with Crippen LogP contribution in [-0.4, -0.2) is 56.6 Å². The smallest absolute Gasteiger partial charge is 0.326 e. The first-order valence-corrected chi connectivity index (χ1v) is 28.6. The molecule has 0 unspecified atom stereocenters. The lowest BCUT2D eigenvalue weighted by molar-refractivity contribution is -0.247. The molecular formula is C21H48O6Si6. The van der Waals surface area contributed by atoms with Gasteiger partial charge in [-0.05, 0) is 84.6 Å². The van der Waals surface area contributed by atoms with Crippen molar-refractivity contribution in [1.82, 2.24) is 0 Å². The molecule has 0 aliphatic rings. The Morgan fingerprint density at radius 1 is 0.455 bits per heavy atom. The minimum Gasteiger partial charge on any atom is -0.433 e. The molecule has 0 saturated heterocycles. The van der Waals surface area contributed by atoms with Gasteiger partial charge in [0.05, 0.1) is 0 Å². The minimum atomic E-state index is -2.76. The van der Waals surface area contributed by atoms with Crippen molar-refractivity contribution in [3.8, 4) is 0 Å². The second-order valence-electron chi connectivity index (χ2n) is 11.0. The summed E-state index contributed by atoms with van der Waals surface area (Å²) in [6, 6.07) is 0. The molecule has 0 heterocycles. The normalized spacial score (nSPS) is 14.7. The molecule has 0 saturated carbocycles. The van der Waals surface area contributed by atoms with Crippen molar-refractivity contribution in [2.75, 3.05) is 0 Å². The van der Waals surface area contributed by atoms with Crippen LogP contribution in [0.2, 0.25) is 78.6 Å². The highest BCUT2D eigenvalue weighted by atomic mass is 28.4. The van der Waals surface area contributed by atoms with Crippen molar-refractivity contribution >= 4 is 50.6 Å². The van der Waals surface area contributed by atoms with E-state index >= 15 is 0 Å². The van der Waals surface area contributed by atoms with Gasteiger partial charge in [0, 0.05) is 0 Å². The highest BCUT2D eigenvalue weighted by Gasteiger charge is 2.51. The van der Waals surface area contributed by atoms with Gasteiger partial charge < -0.3 is 25.6 Å². The van der Waals surface area contributed by atoms with Crippen LogP contribution in [0.5, 0.6) is 0 Å². The largest absolute Gasteiger partial charge is 0.433 e. The van der Waals surface area contributed by atoms with Crippen molar-refractivity contribution < 1.29 is 25.6 Å².